The van der Waals surface area contributed by atoms with E-state index >= 15 is 0 Å². The molecule has 1 fully saturated rings. The first-order chi connectivity index (χ1) is 15.4. The first-order valence-corrected chi connectivity index (χ1v) is 12.2. The standard InChI is InChI=1S/C27H35ClO4/c1-3-27(2,26(29)30)19-20-10-13-23(14-11-20)31-16-7-17-32-25-15-12-22(18-24(25)28)21-8-5-4-6-9-21/h10-15,18,21H,3-9,16-17,19H2,1-2H3,(H,29,30)/t27-/m0/s1. The van der Waals surface area contributed by atoms with Crippen LogP contribution < -0.4 is 9.47 Å². The molecule has 4 nitrogen and oxygen atoms in total. The fourth-order valence-electron chi connectivity index (χ4n) is 4.26. The van der Waals surface area contributed by atoms with Crippen LogP contribution >= 0.6 is 11.6 Å². The molecule has 0 amide bonds. The second-order valence-electron chi connectivity index (χ2n) is 9.12. The summed E-state index contributed by atoms with van der Waals surface area (Å²) >= 11 is 6.45. The second-order valence-corrected chi connectivity index (χ2v) is 9.52. The van der Waals surface area contributed by atoms with Gasteiger partial charge < -0.3 is 14.6 Å². The van der Waals surface area contributed by atoms with E-state index in [2.05, 4.69) is 12.1 Å². The molecule has 0 aromatic heterocycles. The Morgan fingerprint density at radius 3 is 2.38 bits per heavy atom. The molecular weight excluding hydrogens is 424 g/mol. The highest BCUT2D eigenvalue weighted by Gasteiger charge is 2.31. The van der Waals surface area contributed by atoms with Crippen LogP contribution in [0.15, 0.2) is 42.5 Å². The zero-order chi connectivity index (χ0) is 23.0. The number of hydrogen-bond donors (Lipinski definition) is 1. The van der Waals surface area contributed by atoms with Crippen molar-refractivity contribution < 1.29 is 19.4 Å². The fourth-order valence-corrected chi connectivity index (χ4v) is 4.50. The molecule has 1 N–H and O–H groups in total. The van der Waals surface area contributed by atoms with Gasteiger partial charge in [-0.1, -0.05) is 56.0 Å². The molecule has 174 valence electrons. The van der Waals surface area contributed by atoms with Crippen molar-refractivity contribution in [1.82, 2.24) is 0 Å². The van der Waals surface area contributed by atoms with Gasteiger partial charge in [-0.3, -0.25) is 4.79 Å². The third kappa shape index (κ3) is 6.65. The summed E-state index contributed by atoms with van der Waals surface area (Å²) in [5.74, 6) is 1.38. The maximum Gasteiger partial charge on any atom is 0.309 e. The number of aliphatic carboxylic acids is 1. The van der Waals surface area contributed by atoms with E-state index < -0.39 is 11.4 Å². The summed E-state index contributed by atoms with van der Waals surface area (Å²) in [6, 6.07) is 13.9. The summed E-state index contributed by atoms with van der Waals surface area (Å²) in [5, 5.41) is 10.1. The van der Waals surface area contributed by atoms with Crippen molar-refractivity contribution >= 4 is 17.6 Å². The third-order valence-corrected chi connectivity index (χ3v) is 6.96. The number of hydrogen-bond acceptors (Lipinski definition) is 3. The van der Waals surface area contributed by atoms with E-state index in [9.17, 15) is 9.90 Å². The van der Waals surface area contributed by atoms with Gasteiger partial charge in [0, 0.05) is 6.42 Å². The van der Waals surface area contributed by atoms with Crippen LogP contribution in [0.1, 0.15) is 75.8 Å². The molecule has 0 aliphatic heterocycles. The number of carboxylic acids is 1. The number of carbonyl (C=O) groups is 1. The lowest BCUT2D eigenvalue weighted by Gasteiger charge is -2.23. The molecule has 32 heavy (non-hydrogen) atoms. The van der Waals surface area contributed by atoms with E-state index in [1.165, 1.54) is 37.7 Å². The van der Waals surface area contributed by atoms with Crippen LogP contribution in [-0.4, -0.2) is 24.3 Å². The first kappa shape index (κ1) is 24.4. The Kier molecular flexibility index (Phi) is 8.86. The molecule has 0 spiro atoms. The summed E-state index contributed by atoms with van der Waals surface area (Å²) in [6.45, 7) is 4.77. The smallest absolute Gasteiger partial charge is 0.309 e. The lowest BCUT2D eigenvalue weighted by Crippen LogP contribution is -2.29. The Morgan fingerprint density at radius 1 is 1.06 bits per heavy atom. The maximum atomic E-state index is 11.5. The molecule has 0 heterocycles. The normalized spacial score (nSPS) is 16.3. The minimum absolute atomic E-state index is 0.507. The molecule has 1 aliphatic carbocycles. The van der Waals surface area contributed by atoms with Crippen molar-refractivity contribution in [2.75, 3.05) is 13.2 Å². The highest BCUT2D eigenvalue weighted by Crippen LogP contribution is 2.36. The van der Waals surface area contributed by atoms with E-state index in [0.717, 1.165) is 23.5 Å². The van der Waals surface area contributed by atoms with Gasteiger partial charge in [-0.05, 0) is 73.9 Å². The number of carboxylic acid groups (broad SMARTS) is 1. The first-order valence-electron chi connectivity index (χ1n) is 11.8. The highest BCUT2D eigenvalue weighted by atomic mass is 35.5. The van der Waals surface area contributed by atoms with Crippen LogP contribution in [0.4, 0.5) is 0 Å². The van der Waals surface area contributed by atoms with Gasteiger partial charge in [0.25, 0.3) is 0 Å². The Morgan fingerprint density at radius 2 is 1.75 bits per heavy atom. The second kappa shape index (κ2) is 11.6. The monoisotopic (exact) mass is 458 g/mol. The van der Waals surface area contributed by atoms with Crippen LogP contribution in [-0.2, 0) is 11.2 Å². The quantitative estimate of drug-likeness (QED) is 0.359. The Hall–Kier alpha value is -2.20. The molecular formula is C27H35ClO4. The van der Waals surface area contributed by atoms with E-state index in [4.69, 9.17) is 21.1 Å². The van der Waals surface area contributed by atoms with Crippen molar-refractivity contribution in [3.8, 4) is 11.5 Å². The average Bonchev–Trinajstić information content (AvgIpc) is 2.81. The molecule has 2 aromatic carbocycles. The summed E-state index contributed by atoms with van der Waals surface area (Å²) in [7, 11) is 0. The lowest BCUT2D eigenvalue weighted by atomic mass is 9.81. The fraction of sp³-hybridized carbons (Fsp3) is 0.519. The predicted molar refractivity (Wildman–Crippen MR) is 129 cm³/mol. The van der Waals surface area contributed by atoms with Gasteiger partial charge in [0.1, 0.15) is 11.5 Å². The van der Waals surface area contributed by atoms with Gasteiger partial charge in [-0.25, -0.2) is 0 Å². The Balaban J connectivity index is 1.40. The zero-order valence-electron chi connectivity index (χ0n) is 19.2. The van der Waals surface area contributed by atoms with E-state index in [1.807, 2.05) is 37.3 Å². The van der Waals surface area contributed by atoms with Crippen LogP contribution in [0.25, 0.3) is 0 Å². The van der Waals surface area contributed by atoms with E-state index in [1.54, 1.807) is 6.92 Å². The molecule has 0 radical (unpaired) electrons. The molecule has 2 aromatic rings. The SMILES string of the molecule is CC[C@@](C)(Cc1ccc(OCCCOc2ccc(C3CCCCC3)cc2Cl)cc1)C(=O)O. The predicted octanol–water partition coefficient (Wildman–Crippen LogP) is 7.28. The van der Waals surface area contributed by atoms with Crippen molar-refractivity contribution in [2.24, 2.45) is 5.41 Å². The van der Waals surface area contributed by atoms with Gasteiger partial charge in [-0.15, -0.1) is 0 Å². The molecule has 1 aliphatic rings. The molecule has 0 unspecified atom stereocenters. The number of halogens is 1. The minimum Gasteiger partial charge on any atom is -0.493 e. The summed E-state index contributed by atoms with van der Waals surface area (Å²) < 4.78 is 11.7. The minimum atomic E-state index is -0.760. The third-order valence-electron chi connectivity index (χ3n) is 6.66. The molecule has 0 saturated heterocycles. The number of benzene rings is 2. The van der Waals surface area contributed by atoms with Crippen molar-refractivity contribution in [3.05, 3.63) is 58.6 Å². The summed E-state index contributed by atoms with van der Waals surface area (Å²) in [4.78, 5) is 11.5. The van der Waals surface area contributed by atoms with Crippen molar-refractivity contribution in [1.29, 1.82) is 0 Å². The average molecular weight is 459 g/mol. The van der Waals surface area contributed by atoms with Crippen LogP contribution in [0.2, 0.25) is 5.02 Å². The van der Waals surface area contributed by atoms with E-state index in [-0.39, 0.29) is 0 Å². The largest absolute Gasteiger partial charge is 0.493 e. The van der Waals surface area contributed by atoms with Gasteiger partial charge >= 0.3 is 5.97 Å². The van der Waals surface area contributed by atoms with E-state index in [0.29, 0.717) is 37.0 Å². The van der Waals surface area contributed by atoms with Crippen LogP contribution in [0.5, 0.6) is 11.5 Å². The molecule has 1 atom stereocenters. The molecule has 1 saturated carbocycles. The van der Waals surface area contributed by atoms with Gasteiger partial charge in [0.2, 0.25) is 0 Å². The lowest BCUT2D eigenvalue weighted by molar-refractivity contribution is -0.148. The van der Waals surface area contributed by atoms with Gasteiger partial charge in [-0.2, -0.15) is 0 Å². The molecule has 5 heteroatoms. The van der Waals surface area contributed by atoms with Gasteiger partial charge in [0.05, 0.1) is 23.7 Å². The van der Waals surface area contributed by atoms with Crippen LogP contribution in [0, 0.1) is 5.41 Å². The number of ether oxygens (including phenoxy) is 2. The maximum absolute atomic E-state index is 11.5. The zero-order valence-corrected chi connectivity index (χ0v) is 20.0. The van der Waals surface area contributed by atoms with Crippen molar-refractivity contribution in [3.63, 3.8) is 0 Å². The molecule has 0 bridgehead atoms. The molecule has 3 rings (SSSR count). The Labute approximate surface area is 196 Å². The van der Waals surface area contributed by atoms with Crippen molar-refractivity contribution in [2.45, 2.75) is 71.1 Å². The topological polar surface area (TPSA) is 55.8 Å². The number of rotatable bonds is 11. The summed E-state index contributed by atoms with van der Waals surface area (Å²) in [6.07, 6.45) is 8.32. The highest BCUT2D eigenvalue weighted by molar-refractivity contribution is 6.32. The summed E-state index contributed by atoms with van der Waals surface area (Å²) in [5.41, 5.74) is 1.59. The van der Waals surface area contributed by atoms with Gasteiger partial charge in [0.15, 0.2) is 0 Å². The van der Waals surface area contributed by atoms with Crippen LogP contribution in [0.3, 0.4) is 0 Å². The Bertz CT molecular complexity index is 874.